The van der Waals surface area contributed by atoms with Crippen molar-refractivity contribution in [2.75, 3.05) is 11.9 Å². The third-order valence-corrected chi connectivity index (χ3v) is 11.9. The smallest absolute Gasteiger partial charge is 0.407 e. The minimum absolute atomic E-state index is 0.0606. The van der Waals surface area contributed by atoms with E-state index >= 15 is 0 Å². The number of tetrazole rings is 1. The number of amides is 4. The lowest BCUT2D eigenvalue weighted by molar-refractivity contribution is -0.145. The number of carboxylic acid groups (broad SMARTS) is 2. The number of ether oxygens (including phenoxy) is 1. The zero-order valence-electron chi connectivity index (χ0n) is 36.3. The Morgan fingerprint density at radius 2 is 1.67 bits per heavy atom. The van der Waals surface area contributed by atoms with Crippen LogP contribution in [0, 0.1) is 18.8 Å². The number of aliphatic carboxylic acids is 1. The highest BCUT2D eigenvalue weighted by molar-refractivity contribution is 5.98. The molecule has 3 aliphatic rings. The summed E-state index contributed by atoms with van der Waals surface area (Å²) in [5.74, 6) is -1.42. The number of carboxylic acids is 1. The molecule has 1 unspecified atom stereocenters. The molecule has 19 nitrogen and oxygen atoms in total. The van der Waals surface area contributed by atoms with Crippen molar-refractivity contribution in [3.63, 3.8) is 0 Å². The number of H-pyrrole nitrogens is 1. The van der Waals surface area contributed by atoms with Crippen molar-refractivity contribution in [2.24, 2.45) is 11.8 Å². The topological polar surface area (TPSA) is 280 Å². The van der Waals surface area contributed by atoms with Gasteiger partial charge in [0.25, 0.3) is 12.4 Å². The first kappa shape index (κ1) is 46.7. The second-order valence-electron chi connectivity index (χ2n) is 17.7. The van der Waals surface area contributed by atoms with E-state index in [2.05, 4.69) is 52.2 Å². The third kappa shape index (κ3) is 12.2. The van der Waals surface area contributed by atoms with Crippen LogP contribution < -0.4 is 26.6 Å². The molecule has 2 bridgehead atoms. The van der Waals surface area contributed by atoms with E-state index < -0.39 is 29.2 Å². The first-order valence-corrected chi connectivity index (χ1v) is 21.4. The number of fused-ring (bicyclic) bond motifs is 2. The minimum atomic E-state index is -0.996. The van der Waals surface area contributed by atoms with Gasteiger partial charge in [0.15, 0.2) is 0 Å². The van der Waals surface area contributed by atoms with Crippen LogP contribution in [-0.4, -0.2) is 108 Å². The molecule has 19 heteroatoms. The molecule has 340 valence electrons. The van der Waals surface area contributed by atoms with Crippen LogP contribution in [0.15, 0.2) is 60.8 Å². The minimum Gasteiger partial charge on any atom is -0.483 e. The molecule has 2 aromatic heterocycles. The number of nitrogens with zero attached hydrogens (tertiary/aromatic N) is 4. The van der Waals surface area contributed by atoms with E-state index in [1.807, 2.05) is 52.0 Å². The van der Waals surface area contributed by atoms with Crippen LogP contribution in [0.1, 0.15) is 93.8 Å². The number of aryl methyl sites for hydroxylation is 1. The van der Waals surface area contributed by atoms with Gasteiger partial charge in [0.2, 0.25) is 17.6 Å². The van der Waals surface area contributed by atoms with Gasteiger partial charge in [0.1, 0.15) is 22.9 Å². The molecule has 1 aliphatic carbocycles. The Kier molecular flexibility index (Phi) is 15.1. The molecule has 4 atom stereocenters. The number of piperidine rings is 1. The zero-order chi connectivity index (χ0) is 46.0. The van der Waals surface area contributed by atoms with Crippen LogP contribution in [-0.2, 0) is 30.3 Å². The largest absolute Gasteiger partial charge is 0.483 e. The quantitative estimate of drug-likeness (QED) is 0.0865. The fraction of sp³-hybridized carbons (Fsp3) is 0.467. The number of rotatable bonds is 13. The molecule has 2 aliphatic heterocycles. The van der Waals surface area contributed by atoms with Crippen LogP contribution >= 0.6 is 0 Å². The number of carbonyl (C=O) groups is 6. The van der Waals surface area contributed by atoms with E-state index in [-0.39, 0.29) is 60.2 Å². The van der Waals surface area contributed by atoms with Gasteiger partial charge < -0.3 is 36.2 Å². The second kappa shape index (κ2) is 20.6. The van der Waals surface area contributed by atoms with Crippen LogP contribution in [0.4, 0.5) is 10.5 Å². The summed E-state index contributed by atoms with van der Waals surface area (Å²) >= 11 is 0. The van der Waals surface area contributed by atoms with Gasteiger partial charge in [-0.15, -0.1) is 10.2 Å². The van der Waals surface area contributed by atoms with Crippen LogP contribution in [0.3, 0.4) is 0 Å². The molecule has 8 N–H and O–H groups in total. The van der Waals surface area contributed by atoms with Crippen molar-refractivity contribution in [3.05, 3.63) is 77.6 Å². The molecule has 4 amide bonds. The maximum atomic E-state index is 13.9. The maximum absolute atomic E-state index is 13.9. The van der Waals surface area contributed by atoms with Gasteiger partial charge in [-0.3, -0.25) is 34.3 Å². The Morgan fingerprint density at radius 1 is 0.984 bits per heavy atom. The van der Waals surface area contributed by atoms with Gasteiger partial charge in [0.05, 0.1) is 0 Å². The molecular formula is C45H56N10O9. The summed E-state index contributed by atoms with van der Waals surface area (Å²) in [7, 11) is 0. The van der Waals surface area contributed by atoms with Crippen molar-refractivity contribution in [3.8, 4) is 22.5 Å². The average molecular weight is 881 g/mol. The predicted octanol–water partition coefficient (Wildman–Crippen LogP) is 4.40. The monoisotopic (exact) mass is 880 g/mol. The number of anilines is 1. The number of hydrogen-bond acceptors (Lipinski definition) is 12. The maximum Gasteiger partial charge on any atom is 0.407 e. The van der Waals surface area contributed by atoms with E-state index in [1.165, 1.54) is 0 Å². The van der Waals surface area contributed by atoms with Crippen LogP contribution in [0.5, 0.6) is 0 Å². The van der Waals surface area contributed by atoms with Gasteiger partial charge in [-0.1, -0.05) is 24.3 Å². The first-order chi connectivity index (χ1) is 30.5. The Morgan fingerprint density at radius 3 is 2.30 bits per heavy atom. The lowest BCUT2D eigenvalue weighted by Crippen LogP contribution is -2.59. The Balaban J connectivity index is 0.00000220. The van der Waals surface area contributed by atoms with Crippen molar-refractivity contribution in [1.29, 1.82) is 0 Å². The van der Waals surface area contributed by atoms with Gasteiger partial charge in [-0.25, -0.2) is 4.79 Å². The molecule has 0 spiro atoms. The number of carbonyl (C=O) groups excluding carboxylic acids is 4. The number of alkyl carbamates (subject to hydrolysis) is 1. The van der Waals surface area contributed by atoms with E-state index in [0.29, 0.717) is 50.2 Å². The van der Waals surface area contributed by atoms with Gasteiger partial charge in [0, 0.05) is 54.0 Å². The van der Waals surface area contributed by atoms with Gasteiger partial charge >= 0.3 is 12.1 Å². The Hall–Kier alpha value is -6.76. The molecule has 0 radical (unpaired) electrons. The number of hydrogen-bond donors (Lipinski definition) is 8. The Bertz CT molecular complexity index is 2270. The van der Waals surface area contributed by atoms with E-state index in [0.717, 1.165) is 47.1 Å². The summed E-state index contributed by atoms with van der Waals surface area (Å²) in [4.78, 5) is 77.9. The van der Waals surface area contributed by atoms with E-state index in [4.69, 9.17) is 14.6 Å². The lowest BCUT2D eigenvalue weighted by Gasteiger charge is -2.36. The summed E-state index contributed by atoms with van der Waals surface area (Å²) in [6.45, 7) is 7.58. The highest BCUT2D eigenvalue weighted by Gasteiger charge is 2.50. The number of aromatic nitrogens is 5. The van der Waals surface area contributed by atoms with Crippen molar-refractivity contribution >= 4 is 41.9 Å². The summed E-state index contributed by atoms with van der Waals surface area (Å²) in [6.07, 6.45) is 6.51. The first-order valence-electron chi connectivity index (χ1n) is 21.4. The van der Waals surface area contributed by atoms with E-state index in [1.54, 1.807) is 36.5 Å². The number of pyridine rings is 1. The van der Waals surface area contributed by atoms with Gasteiger partial charge in [-0.2, -0.15) is 5.21 Å². The highest BCUT2D eigenvalue weighted by Crippen LogP contribution is 2.36. The van der Waals surface area contributed by atoms with Crippen molar-refractivity contribution < 1.29 is 43.7 Å². The summed E-state index contributed by atoms with van der Waals surface area (Å²) in [6, 6.07) is 15.3. The predicted molar refractivity (Wildman–Crippen MR) is 234 cm³/mol. The molecule has 2 saturated heterocycles. The standard InChI is InChI=1S/C44H54N10O7.CH2O2/c1-25-19-35(39(56)48-33-21-32-17-18-44(22-33,50-32)41(58)59)45-24-34(25)28-9-5-26(6-10-28)20-36(40(57)47-31-15-13-29(14-16-31)37-51-53-54-52-37)49-38(55)30-11-7-27(8-12-30)23-46-42(60)61-43(2,3)4;2-1-3/h5-6,9-10,13-16,19,24,27,30,32-33,36,50H,7-8,11-12,17-18,20-23H2,1-4H3,(H,46,60)(H,47,57)(H,48,56)(H,49,55)(H,58,59)(H,51,52,53,54);1H,(H,2,3)/t27?,30?,32-,33?,36-,44+;/m0./s1. The molecule has 4 heterocycles. The highest BCUT2D eigenvalue weighted by atomic mass is 16.6. The molecule has 64 heavy (non-hydrogen) atoms. The van der Waals surface area contributed by atoms with Gasteiger partial charge in [-0.05, 0) is 137 Å². The van der Waals surface area contributed by atoms with E-state index in [9.17, 15) is 29.1 Å². The number of benzene rings is 2. The van der Waals surface area contributed by atoms with Crippen LogP contribution in [0.2, 0.25) is 0 Å². The summed E-state index contributed by atoms with van der Waals surface area (Å²) in [5.41, 5.74) is 3.29. The third-order valence-electron chi connectivity index (χ3n) is 11.9. The fourth-order valence-electron chi connectivity index (χ4n) is 8.69. The lowest BCUT2D eigenvalue weighted by atomic mass is 9.81. The summed E-state index contributed by atoms with van der Waals surface area (Å²) < 4.78 is 5.36. The molecule has 4 aromatic rings. The molecular weight excluding hydrogens is 825 g/mol. The normalized spacial score (nSPS) is 21.8. The van der Waals surface area contributed by atoms with Crippen molar-refractivity contribution in [1.82, 2.24) is 46.9 Å². The molecule has 3 fully saturated rings. The second-order valence-corrected chi connectivity index (χ2v) is 17.7. The number of nitrogens with one attached hydrogen (secondary N) is 6. The van der Waals surface area contributed by atoms with Crippen LogP contribution in [0.25, 0.3) is 22.5 Å². The molecule has 1 saturated carbocycles. The molecule has 2 aromatic carbocycles. The average Bonchev–Trinajstić information content (AvgIpc) is 3.91. The summed E-state index contributed by atoms with van der Waals surface area (Å²) in [5, 5.41) is 45.8. The zero-order valence-corrected chi connectivity index (χ0v) is 36.3. The van der Waals surface area contributed by atoms with Crippen molar-refractivity contribution in [2.45, 2.75) is 115 Å². The molecule has 7 rings (SSSR count). The SMILES string of the molecule is Cc1cc(C(=O)NC2C[C@@H]3CC[C@](C(=O)O)(C2)N3)ncc1-c1ccc(C[C@H](NC(=O)C2CCC(CNC(=O)OC(C)(C)C)CC2)C(=O)Nc2ccc(-c3nn[nH]n3)cc2)cc1.O=CO. The Labute approximate surface area is 370 Å². The number of aromatic amines is 1. The fourth-order valence-corrected chi connectivity index (χ4v) is 8.69.